The molecule has 0 aliphatic carbocycles. The third kappa shape index (κ3) is 0.708. The van der Waals surface area contributed by atoms with E-state index in [0.29, 0.717) is 0 Å². The number of nitrogens with zero attached hydrogens (tertiary/aromatic N) is 1. The van der Waals surface area contributed by atoms with Crippen molar-refractivity contribution in [1.29, 1.82) is 0 Å². The van der Waals surface area contributed by atoms with Crippen LogP contribution in [-0.4, -0.2) is 11.5 Å². The Morgan fingerprint density at radius 2 is 2.50 bits per heavy atom. The van der Waals surface area contributed by atoms with Gasteiger partial charge in [0.15, 0.2) is 0 Å². The number of nitrogen functional groups attached to an aromatic ring is 1. The lowest BCUT2D eigenvalue weighted by molar-refractivity contribution is 1.04. The number of nitrogens with two attached hydrogens (primary N) is 1. The van der Waals surface area contributed by atoms with Crippen molar-refractivity contribution in [2.45, 2.75) is 6.42 Å². The first-order valence-electron chi connectivity index (χ1n) is 3.34. The molecule has 0 spiro atoms. The number of pyridine rings is 1. The Balaban J connectivity index is 2.52. The van der Waals surface area contributed by atoms with Crippen LogP contribution in [-0.2, 0) is 6.42 Å². The van der Waals surface area contributed by atoms with Crippen molar-refractivity contribution in [3.63, 3.8) is 0 Å². The van der Waals surface area contributed by atoms with Gasteiger partial charge in [0, 0.05) is 13.0 Å². The van der Waals surface area contributed by atoms with Crippen molar-refractivity contribution < 1.29 is 0 Å². The summed E-state index contributed by atoms with van der Waals surface area (Å²) in [6.45, 7) is 0.992. The van der Waals surface area contributed by atoms with Crippen LogP contribution in [0.15, 0.2) is 12.3 Å². The first kappa shape index (κ1) is 5.53. The van der Waals surface area contributed by atoms with E-state index in [0.717, 1.165) is 30.0 Å². The molecular formula is C7H9N3. The Hall–Kier alpha value is -1.25. The molecule has 0 atom stereocenters. The van der Waals surface area contributed by atoms with Gasteiger partial charge in [-0.1, -0.05) is 0 Å². The van der Waals surface area contributed by atoms with E-state index in [1.807, 2.05) is 6.07 Å². The van der Waals surface area contributed by atoms with Crippen LogP contribution >= 0.6 is 0 Å². The van der Waals surface area contributed by atoms with E-state index >= 15 is 0 Å². The Morgan fingerprint density at radius 3 is 3.40 bits per heavy atom. The molecule has 1 aliphatic rings. The average molecular weight is 135 g/mol. The average Bonchev–Trinajstić information content (AvgIpc) is 2.33. The predicted octanol–water partition coefficient (Wildman–Crippen LogP) is 0.632. The minimum absolute atomic E-state index is 0.730. The van der Waals surface area contributed by atoms with Crippen molar-refractivity contribution >= 4 is 11.4 Å². The number of hydrogen-bond donors (Lipinski definition) is 2. The lowest BCUT2D eigenvalue weighted by Crippen LogP contribution is -1.92. The Morgan fingerprint density at radius 1 is 1.60 bits per heavy atom. The highest BCUT2D eigenvalue weighted by Crippen LogP contribution is 2.20. The predicted molar refractivity (Wildman–Crippen MR) is 40.8 cm³/mol. The zero-order valence-corrected chi connectivity index (χ0v) is 5.59. The fraction of sp³-hybridized carbons (Fsp3) is 0.286. The number of hydrogen-bond acceptors (Lipinski definition) is 3. The van der Waals surface area contributed by atoms with Gasteiger partial charge in [-0.05, 0) is 6.07 Å². The van der Waals surface area contributed by atoms with Crippen molar-refractivity contribution in [2.75, 3.05) is 17.6 Å². The van der Waals surface area contributed by atoms with Crippen molar-refractivity contribution in [1.82, 2.24) is 4.98 Å². The van der Waals surface area contributed by atoms with Crippen LogP contribution in [0.2, 0.25) is 0 Å². The highest BCUT2D eigenvalue weighted by Gasteiger charge is 2.09. The van der Waals surface area contributed by atoms with Crippen molar-refractivity contribution in [2.24, 2.45) is 0 Å². The number of nitrogens with one attached hydrogen (secondary N) is 1. The van der Waals surface area contributed by atoms with Crippen LogP contribution in [0.5, 0.6) is 0 Å². The van der Waals surface area contributed by atoms with Gasteiger partial charge in [-0.3, -0.25) is 4.98 Å². The van der Waals surface area contributed by atoms with E-state index in [-0.39, 0.29) is 0 Å². The minimum Gasteiger partial charge on any atom is -0.397 e. The summed E-state index contributed by atoms with van der Waals surface area (Å²) in [5.41, 5.74) is 8.49. The third-order valence-corrected chi connectivity index (χ3v) is 1.67. The largest absolute Gasteiger partial charge is 0.397 e. The third-order valence-electron chi connectivity index (χ3n) is 1.67. The maximum absolute atomic E-state index is 5.53. The Kier molecular flexibility index (Phi) is 1.03. The molecule has 2 heterocycles. The minimum atomic E-state index is 0.730. The molecule has 3 N–H and O–H groups in total. The molecule has 52 valence electrons. The number of anilines is 2. The van der Waals surface area contributed by atoms with E-state index in [4.69, 9.17) is 5.73 Å². The summed E-state index contributed by atoms with van der Waals surface area (Å²) in [4.78, 5) is 4.17. The molecule has 3 heteroatoms. The maximum Gasteiger partial charge on any atom is 0.0653 e. The van der Waals surface area contributed by atoms with Gasteiger partial charge in [0.2, 0.25) is 0 Å². The molecule has 0 saturated heterocycles. The molecule has 0 aromatic carbocycles. The Labute approximate surface area is 59.3 Å². The van der Waals surface area contributed by atoms with Gasteiger partial charge in [-0.15, -0.1) is 0 Å². The van der Waals surface area contributed by atoms with Gasteiger partial charge in [-0.2, -0.15) is 0 Å². The molecule has 0 radical (unpaired) electrons. The molecule has 10 heavy (non-hydrogen) atoms. The zero-order chi connectivity index (χ0) is 6.97. The standard InChI is InChI=1S/C7H9N3/c8-5-3-7-6(10-4-5)1-2-9-7/h3-4,9H,1-2,8H2. The maximum atomic E-state index is 5.53. The van der Waals surface area contributed by atoms with E-state index in [1.54, 1.807) is 6.20 Å². The Bertz CT molecular complexity index is 257. The second-order valence-electron chi connectivity index (χ2n) is 2.44. The molecule has 0 unspecified atom stereocenters. The summed E-state index contributed by atoms with van der Waals surface area (Å²) < 4.78 is 0. The summed E-state index contributed by atoms with van der Waals surface area (Å²) in [5.74, 6) is 0. The van der Waals surface area contributed by atoms with Crippen LogP contribution in [0.4, 0.5) is 11.4 Å². The SMILES string of the molecule is Nc1cnc2c(c1)NCC2. The molecule has 3 nitrogen and oxygen atoms in total. The summed E-state index contributed by atoms with van der Waals surface area (Å²) in [5, 5.41) is 3.20. The second kappa shape index (κ2) is 1.87. The molecule has 1 aliphatic heterocycles. The van der Waals surface area contributed by atoms with Gasteiger partial charge in [0.1, 0.15) is 0 Å². The lowest BCUT2D eigenvalue weighted by atomic mass is 10.3. The highest BCUT2D eigenvalue weighted by atomic mass is 14.9. The number of fused-ring (bicyclic) bond motifs is 1. The normalized spacial score (nSPS) is 14.4. The van der Waals surface area contributed by atoms with Gasteiger partial charge in [-0.25, -0.2) is 0 Å². The van der Waals surface area contributed by atoms with E-state index < -0.39 is 0 Å². The molecule has 1 aromatic rings. The highest BCUT2D eigenvalue weighted by molar-refractivity contribution is 5.58. The lowest BCUT2D eigenvalue weighted by Gasteiger charge is -1.97. The van der Waals surface area contributed by atoms with Crippen LogP contribution in [0, 0.1) is 0 Å². The van der Waals surface area contributed by atoms with Gasteiger partial charge >= 0.3 is 0 Å². The molecule has 0 saturated carbocycles. The van der Waals surface area contributed by atoms with E-state index in [1.165, 1.54) is 0 Å². The first-order valence-corrected chi connectivity index (χ1v) is 3.34. The van der Waals surface area contributed by atoms with Gasteiger partial charge in [0.25, 0.3) is 0 Å². The summed E-state index contributed by atoms with van der Waals surface area (Å²) in [6.07, 6.45) is 2.72. The fourth-order valence-corrected chi connectivity index (χ4v) is 1.18. The van der Waals surface area contributed by atoms with Crippen LogP contribution in [0.3, 0.4) is 0 Å². The fourth-order valence-electron chi connectivity index (χ4n) is 1.18. The molecule has 0 bridgehead atoms. The van der Waals surface area contributed by atoms with Gasteiger partial charge < -0.3 is 11.1 Å². The topological polar surface area (TPSA) is 50.9 Å². The summed E-state index contributed by atoms with van der Waals surface area (Å²) in [7, 11) is 0. The van der Waals surface area contributed by atoms with Crippen molar-refractivity contribution in [3.05, 3.63) is 18.0 Å². The summed E-state index contributed by atoms with van der Waals surface area (Å²) in [6, 6.07) is 1.93. The van der Waals surface area contributed by atoms with Gasteiger partial charge in [0.05, 0.1) is 23.3 Å². The van der Waals surface area contributed by atoms with Crippen LogP contribution in [0.25, 0.3) is 0 Å². The molecule has 0 amide bonds. The van der Waals surface area contributed by atoms with E-state index in [9.17, 15) is 0 Å². The van der Waals surface area contributed by atoms with Crippen molar-refractivity contribution in [3.8, 4) is 0 Å². The van der Waals surface area contributed by atoms with Crippen LogP contribution in [0.1, 0.15) is 5.69 Å². The first-order chi connectivity index (χ1) is 4.86. The number of aromatic nitrogens is 1. The van der Waals surface area contributed by atoms with E-state index in [2.05, 4.69) is 10.3 Å². The molecule has 1 aromatic heterocycles. The number of rotatable bonds is 0. The smallest absolute Gasteiger partial charge is 0.0653 e. The monoisotopic (exact) mass is 135 g/mol. The summed E-state index contributed by atoms with van der Waals surface area (Å²) >= 11 is 0. The molecular weight excluding hydrogens is 126 g/mol. The van der Waals surface area contributed by atoms with Crippen LogP contribution < -0.4 is 11.1 Å². The second-order valence-corrected chi connectivity index (χ2v) is 2.44. The molecule has 0 fully saturated rings. The molecule has 2 rings (SSSR count). The quantitative estimate of drug-likeness (QED) is 0.548. The zero-order valence-electron chi connectivity index (χ0n) is 5.59.